The minimum absolute atomic E-state index is 0.0472. The number of hydrogen-bond acceptors (Lipinski definition) is 2. The zero-order valence-corrected chi connectivity index (χ0v) is 31.3. The second-order valence-electron chi connectivity index (χ2n) is 17.6. The molecule has 240 valence electrons. The summed E-state index contributed by atoms with van der Waals surface area (Å²) in [6.07, 6.45) is 4.84. The van der Waals surface area contributed by atoms with Crippen molar-refractivity contribution < 1.29 is 0 Å². The minimum Gasteiger partial charge on any atom is -0.321 e. The Balaban J connectivity index is 1.86. The van der Waals surface area contributed by atoms with Gasteiger partial charge in [-0.15, -0.1) is 0 Å². The average molecular weight is 620 g/mol. The smallest absolute Gasteiger partial charge is 0.169 e. The second kappa shape index (κ2) is 12.0. The molecule has 2 radical (unpaired) electrons. The first-order valence-corrected chi connectivity index (χ1v) is 18.0. The maximum atomic E-state index is 3.85. The SMILES string of the molecule is CCC1CCCC2=C1S[C]N2c1c(-c2cc(C(C)(C)C)cc(C(C)(C)C)c2)cccc1-c1cc(C(C)(C)C)cc(C(C)(C)C)c1. The van der Waals surface area contributed by atoms with Crippen LogP contribution in [-0.4, -0.2) is 0 Å². The third-order valence-electron chi connectivity index (χ3n) is 9.84. The third kappa shape index (κ3) is 6.97. The van der Waals surface area contributed by atoms with Gasteiger partial charge in [-0.3, -0.25) is 0 Å². The van der Waals surface area contributed by atoms with E-state index in [1.165, 1.54) is 75.2 Å². The van der Waals surface area contributed by atoms with Crippen LogP contribution in [0.25, 0.3) is 22.3 Å². The topological polar surface area (TPSA) is 3.24 Å². The van der Waals surface area contributed by atoms with E-state index in [4.69, 9.17) is 0 Å². The zero-order valence-electron chi connectivity index (χ0n) is 30.5. The lowest BCUT2D eigenvalue weighted by Crippen LogP contribution is -2.21. The fourth-order valence-corrected chi connectivity index (χ4v) is 7.79. The molecule has 0 spiro atoms. The molecule has 2 aliphatic rings. The molecule has 3 aromatic rings. The Hall–Kier alpha value is -2.45. The van der Waals surface area contributed by atoms with Gasteiger partial charge in [0, 0.05) is 21.7 Å². The standard InChI is InChI=1S/C43H57NS/c1-14-28-17-15-20-37-39(28)45-27-44(37)38-35(29-21-31(40(2,3)4)25-32(22-29)41(5,6)7)18-16-19-36(38)30-23-33(42(8,9)10)26-34(24-30)43(11,12)13/h16,18-19,21-26,28H,14-15,17,20H2,1-13H3. The maximum Gasteiger partial charge on any atom is 0.169 e. The van der Waals surface area contributed by atoms with Crippen LogP contribution in [0.4, 0.5) is 5.69 Å². The Labute approximate surface area is 280 Å². The highest BCUT2D eigenvalue weighted by Crippen LogP contribution is 2.53. The van der Waals surface area contributed by atoms with Crippen molar-refractivity contribution >= 4 is 17.4 Å². The Morgan fingerprint density at radius 3 is 1.47 bits per heavy atom. The summed E-state index contributed by atoms with van der Waals surface area (Å²) in [5, 5.41) is 0. The number of para-hydroxylation sites is 1. The molecule has 1 heterocycles. The molecule has 0 aromatic heterocycles. The minimum atomic E-state index is 0.0472. The van der Waals surface area contributed by atoms with Crippen molar-refractivity contribution in [3.05, 3.63) is 93.3 Å². The Kier molecular flexibility index (Phi) is 9.02. The molecule has 0 saturated carbocycles. The Bertz CT molecular complexity index is 1430. The highest BCUT2D eigenvalue weighted by atomic mass is 32.2. The Morgan fingerprint density at radius 2 is 1.09 bits per heavy atom. The third-order valence-corrected chi connectivity index (χ3v) is 10.9. The van der Waals surface area contributed by atoms with Crippen molar-refractivity contribution in [3.8, 4) is 22.3 Å². The van der Waals surface area contributed by atoms with Gasteiger partial charge in [-0.2, -0.15) is 0 Å². The summed E-state index contributed by atoms with van der Waals surface area (Å²) < 4.78 is 0. The second-order valence-corrected chi connectivity index (χ2v) is 18.5. The molecule has 0 N–H and O–H groups in total. The molecule has 0 bridgehead atoms. The molecule has 2 heteroatoms. The molecule has 1 aliphatic heterocycles. The lowest BCUT2D eigenvalue weighted by atomic mass is 9.77. The first-order chi connectivity index (χ1) is 20.8. The molecule has 0 amide bonds. The van der Waals surface area contributed by atoms with E-state index in [2.05, 4.69) is 155 Å². The molecular weight excluding hydrogens is 563 g/mol. The first-order valence-electron chi connectivity index (χ1n) is 17.2. The van der Waals surface area contributed by atoms with Crippen molar-refractivity contribution in [2.75, 3.05) is 4.90 Å². The maximum absolute atomic E-state index is 3.85. The number of rotatable bonds is 4. The van der Waals surface area contributed by atoms with Crippen LogP contribution in [-0.2, 0) is 21.7 Å². The highest BCUT2D eigenvalue weighted by Gasteiger charge is 2.35. The molecule has 0 saturated heterocycles. The van der Waals surface area contributed by atoms with Crippen LogP contribution >= 0.6 is 11.8 Å². The van der Waals surface area contributed by atoms with Crippen LogP contribution in [0.1, 0.15) is 138 Å². The average Bonchev–Trinajstić information content (AvgIpc) is 3.38. The van der Waals surface area contributed by atoms with Gasteiger partial charge in [-0.1, -0.05) is 156 Å². The van der Waals surface area contributed by atoms with E-state index in [9.17, 15) is 0 Å². The lowest BCUT2D eigenvalue weighted by molar-refractivity contribution is 0.505. The summed E-state index contributed by atoms with van der Waals surface area (Å²) in [7, 11) is 0. The molecule has 45 heavy (non-hydrogen) atoms. The van der Waals surface area contributed by atoms with Gasteiger partial charge in [0.15, 0.2) is 5.88 Å². The van der Waals surface area contributed by atoms with Crippen LogP contribution in [0.15, 0.2) is 65.2 Å². The molecule has 5 rings (SSSR count). The summed E-state index contributed by atoms with van der Waals surface area (Å²) in [5.41, 5.74) is 13.7. The van der Waals surface area contributed by atoms with Gasteiger partial charge in [-0.05, 0) is 86.6 Å². The van der Waals surface area contributed by atoms with Gasteiger partial charge in [-0.25, -0.2) is 0 Å². The number of anilines is 1. The zero-order chi connectivity index (χ0) is 33.1. The number of thioether (sulfide) groups is 1. The molecule has 1 nitrogen and oxygen atoms in total. The largest absolute Gasteiger partial charge is 0.321 e. The molecule has 1 aliphatic carbocycles. The summed E-state index contributed by atoms with van der Waals surface area (Å²) in [6, 6.07) is 21.7. The molecule has 1 unspecified atom stereocenters. The van der Waals surface area contributed by atoms with Crippen molar-refractivity contribution in [2.24, 2.45) is 5.92 Å². The van der Waals surface area contributed by atoms with E-state index >= 15 is 0 Å². The number of allylic oxidation sites excluding steroid dienone is 2. The van der Waals surface area contributed by atoms with E-state index in [1.807, 2.05) is 11.8 Å². The predicted octanol–water partition coefficient (Wildman–Crippen LogP) is 13.2. The normalized spacial score (nSPS) is 18.1. The van der Waals surface area contributed by atoms with Gasteiger partial charge >= 0.3 is 0 Å². The number of benzene rings is 3. The Morgan fingerprint density at radius 1 is 0.667 bits per heavy atom. The van der Waals surface area contributed by atoms with Crippen LogP contribution in [0.2, 0.25) is 0 Å². The summed E-state index contributed by atoms with van der Waals surface area (Å²) >= 11 is 1.85. The van der Waals surface area contributed by atoms with Gasteiger partial charge in [0.1, 0.15) is 0 Å². The van der Waals surface area contributed by atoms with Crippen molar-refractivity contribution in [2.45, 2.75) is 137 Å². The molecule has 1 atom stereocenters. The monoisotopic (exact) mass is 619 g/mol. The van der Waals surface area contributed by atoms with Crippen LogP contribution < -0.4 is 4.90 Å². The molecule has 0 fully saturated rings. The van der Waals surface area contributed by atoms with E-state index in [0.29, 0.717) is 5.92 Å². The van der Waals surface area contributed by atoms with E-state index in [-0.39, 0.29) is 21.7 Å². The summed E-state index contributed by atoms with van der Waals surface area (Å²) in [6.45, 7) is 30.4. The predicted molar refractivity (Wildman–Crippen MR) is 200 cm³/mol. The van der Waals surface area contributed by atoms with Crippen LogP contribution in [0, 0.1) is 11.8 Å². The number of nitrogens with zero attached hydrogens (tertiary/aromatic N) is 1. The van der Waals surface area contributed by atoms with Crippen LogP contribution in [0.5, 0.6) is 0 Å². The number of hydrogen-bond donors (Lipinski definition) is 0. The van der Waals surface area contributed by atoms with Gasteiger partial charge in [0.05, 0.1) is 5.69 Å². The van der Waals surface area contributed by atoms with Gasteiger partial charge in [0.25, 0.3) is 0 Å². The van der Waals surface area contributed by atoms with Crippen molar-refractivity contribution in [1.82, 2.24) is 0 Å². The quantitative estimate of drug-likeness (QED) is 0.286. The summed E-state index contributed by atoms with van der Waals surface area (Å²) in [5.74, 6) is 4.49. The van der Waals surface area contributed by atoms with E-state index in [0.717, 1.165) is 6.42 Å². The lowest BCUT2D eigenvalue weighted by Gasteiger charge is -2.32. The van der Waals surface area contributed by atoms with Crippen LogP contribution in [0.3, 0.4) is 0 Å². The van der Waals surface area contributed by atoms with Crippen molar-refractivity contribution in [1.29, 1.82) is 0 Å². The van der Waals surface area contributed by atoms with Gasteiger partial charge in [0.2, 0.25) is 0 Å². The fourth-order valence-electron chi connectivity index (χ4n) is 6.64. The molecule has 3 aromatic carbocycles. The van der Waals surface area contributed by atoms with Crippen molar-refractivity contribution in [3.63, 3.8) is 0 Å². The fraction of sp³-hybridized carbons (Fsp3) is 0.512. The van der Waals surface area contributed by atoms with E-state index in [1.54, 1.807) is 4.91 Å². The van der Waals surface area contributed by atoms with Gasteiger partial charge < -0.3 is 4.90 Å². The highest BCUT2D eigenvalue weighted by molar-refractivity contribution is 8.05. The van der Waals surface area contributed by atoms with E-state index < -0.39 is 0 Å². The first kappa shape index (κ1) is 33.9. The summed E-state index contributed by atoms with van der Waals surface area (Å²) in [4.78, 5) is 4.02. The molecular formula is C43H57NS.